The van der Waals surface area contributed by atoms with Crippen LogP contribution in [0.1, 0.15) is 19.3 Å². The standard InChI is InChI=1S/C27H34FN9O2/c1-35-11-9-16(14-35)37-10-5-8-22(37)25(38)31-20-7-4-6-17-18(12-29-24(17)20)23-19(28)13-30-27(33-23)32-21-15-36(2)34-26(21)39-3/h4,6-7,12-13,15-16,22,25,29,31,38H,5,8-11,14H2,1-3H3,(H,30,32,33)/t16-,22-,25?/m1/s1. The molecule has 0 bridgehead atoms. The summed E-state index contributed by atoms with van der Waals surface area (Å²) in [5.74, 6) is 0.0610. The lowest BCUT2D eigenvalue weighted by atomic mass is 10.1. The molecule has 2 saturated heterocycles. The molecule has 0 radical (unpaired) electrons. The Morgan fingerprint density at radius 1 is 1.21 bits per heavy atom. The van der Waals surface area contributed by atoms with E-state index in [4.69, 9.17) is 4.74 Å². The van der Waals surface area contributed by atoms with E-state index in [9.17, 15) is 5.11 Å². The van der Waals surface area contributed by atoms with Gasteiger partial charge in [-0.05, 0) is 45.5 Å². The van der Waals surface area contributed by atoms with Crippen molar-refractivity contribution in [3.63, 3.8) is 0 Å². The number of methoxy groups -OCH3 is 1. The highest BCUT2D eigenvalue weighted by Gasteiger charge is 2.37. The van der Waals surface area contributed by atoms with Crippen molar-refractivity contribution in [2.45, 2.75) is 37.6 Å². The number of fused-ring (bicyclic) bond motifs is 1. The van der Waals surface area contributed by atoms with Crippen LogP contribution in [-0.4, -0.2) is 91.7 Å². The molecule has 1 unspecified atom stereocenters. The number of hydrogen-bond donors (Lipinski definition) is 4. The van der Waals surface area contributed by atoms with Crippen molar-refractivity contribution < 1.29 is 14.2 Å². The number of H-pyrrole nitrogens is 1. The van der Waals surface area contributed by atoms with Crippen LogP contribution in [0.5, 0.6) is 5.88 Å². The quantitative estimate of drug-likeness (QED) is 0.252. The molecule has 2 fully saturated rings. The summed E-state index contributed by atoms with van der Waals surface area (Å²) in [7, 11) is 5.45. The molecule has 4 N–H and O–H groups in total. The predicted octanol–water partition coefficient (Wildman–Crippen LogP) is 3.15. The van der Waals surface area contributed by atoms with Gasteiger partial charge >= 0.3 is 0 Å². The SMILES string of the molecule is COc1nn(C)cc1Nc1ncc(F)c(-c2c[nH]c3c(NC(O)[C@H]4CCCN4[C@@H]4CCN(C)C4)cccc23)n1. The van der Waals surface area contributed by atoms with Gasteiger partial charge in [0.1, 0.15) is 17.6 Å². The van der Waals surface area contributed by atoms with E-state index in [0.29, 0.717) is 23.2 Å². The van der Waals surface area contributed by atoms with Gasteiger partial charge in [-0.15, -0.1) is 5.10 Å². The van der Waals surface area contributed by atoms with Crippen molar-refractivity contribution in [3.05, 3.63) is 42.6 Å². The zero-order valence-electron chi connectivity index (χ0n) is 22.4. The Bertz CT molecular complexity index is 1470. The summed E-state index contributed by atoms with van der Waals surface area (Å²) >= 11 is 0. The van der Waals surface area contributed by atoms with E-state index >= 15 is 4.39 Å². The molecule has 2 aliphatic rings. The van der Waals surface area contributed by atoms with Gasteiger partial charge in [-0.3, -0.25) is 9.58 Å². The van der Waals surface area contributed by atoms with Gasteiger partial charge in [0.15, 0.2) is 5.82 Å². The van der Waals surface area contributed by atoms with E-state index in [2.05, 4.69) is 47.5 Å². The zero-order chi connectivity index (χ0) is 27.1. The number of benzene rings is 1. The third kappa shape index (κ3) is 4.90. The first kappa shape index (κ1) is 25.5. The summed E-state index contributed by atoms with van der Waals surface area (Å²) in [5, 5.41) is 22.7. The molecule has 6 rings (SSSR count). The number of ether oxygens (including phenoxy) is 1. The van der Waals surface area contributed by atoms with Crippen LogP contribution in [0.25, 0.3) is 22.2 Å². The molecular weight excluding hydrogens is 501 g/mol. The maximum Gasteiger partial charge on any atom is 0.256 e. The van der Waals surface area contributed by atoms with E-state index < -0.39 is 12.0 Å². The van der Waals surface area contributed by atoms with E-state index in [0.717, 1.165) is 61.7 Å². The van der Waals surface area contributed by atoms with Crippen LogP contribution in [0.2, 0.25) is 0 Å². The first-order valence-corrected chi connectivity index (χ1v) is 13.3. The predicted molar refractivity (Wildman–Crippen MR) is 148 cm³/mol. The number of rotatable bonds is 8. The Morgan fingerprint density at radius 2 is 2.08 bits per heavy atom. The minimum absolute atomic E-state index is 0.0450. The molecule has 0 amide bonds. The number of nitrogens with one attached hydrogen (secondary N) is 3. The summed E-state index contributed by atoms with van der Waals surface area (Å²) in [5.41, 5.74) is 2.86. The number of aryl methyl sites for hydroxylation is 1. The van der Waals surface area contributed by atoms with Gasteiger partial charge in [-0.2, -0.15) is 0 Å². The highest BCUT2D eigenvalue weighted by molar-refractivity contribution is 6.01. The van der Waals surface area contributed by atoms with E-state index in [1.165, 1.54) is 7.11 Å². The molecule has 39 heavy (non-hydrogen) atoms. The molecule has 12 heteroatoms. The first-order chi connectivity index (χ1) is 18.9. The molecule has 1 aromatic carbocycles. The van der Waals surface area contributed by atoms with Crippen molar-refractivity contribution >= 4 is 28.2 Å². The summed E-state index contributed by atoms with van der Waals surface area (Å²) < 4.78 is 21.9. The van der Waals surface area contributed by atoms with Gasteiger partial charge in [0.05, 0.1) is 36.7 Å². The molecule has 5 heterocycles. The minimum Gasteiger partial charge on any atom is -0.478 e. The fraction of sp³-hybridized carbons (Fsp3) is 0.444. The van der Waals surface area contributed by atoms with Gasteiger partial charge in [0.25, 0.3) is 5.88 Å². The van der Waals surface area contributed by atoms with Gasteiger partial charge < -0.3 is 30.4 Å². The average Bonchev–Trinajstić information content (AvgIpc) is 3.71. The van der Waals surface area contributed by atoms with Crippen LogP contribution in [-0.2, 0) is 7.05 Å². The van der Waals surface area contributed by atoms with Crippen LogP contribution in [0.3, 0.4) is 0 Å². The van der Waals surface area contributed by atoms with Gasteiger partial charge in [0.2, 0.25) is 5.95 Å². The van der Waals surface area contributed by atoms with Crippen LogP contribution >= 0.6 is 0 Å². The zero-order valence-corrected chi connectivity index (χ0v) is 22.4. The second-order valence-corrected chi connectivity index (χ2v) is 10.4. The van der Waals surface area contributed by atoms with E-state index in [1.807, 2.05) is 18.2 Å². The summed E-state index contributed by atoms with van der Waals surface area (Å²) in [6.45, 7) is 3.13. The largest absolute Gasteiger partial charge is 0.478 e. The Hall–Kier alpha value is -3.74. The Morgan fingerprint density at radius 3 is 2.87 bits per heavy atom. The molecule has 3 atom stereocenters. The number of aliphatic hydroxyl groups is 1. The highest BCUT2D eigenvalue weighted by atomic mass is 19.1. The van der Waals surface area contributed by atoms with Crippen molar-refractivity contribution in [1.82, 2.24) is 34.5 Å². The second-order valence-electron chi connectivity index (χ2n) is 10.4. The summed E-state index contributed by atoms with van der Waals surface area (Å²) in [6, 6.07) is 6.25. The first-order valence-electron chi connectivity index (χ1n) is 13.3. The lowest BCUT2D eigenvalue weighted by molar-refractivity contribution is 0.0691. The van der Waals surface area contributed by atoms with Crippen LogP contribution in [0.4, 0.5) is 21.7 Å². The molecule has 2 aliphatic heterocycles. The topological polar surface area (TPSA) is 119 Å². The fourth-order valence-electron chi connectivity index (χ4n) is 5.96. The summed E-state index contributed by atoms with van der Waals surface area (Å²) in [4.78, 5) is 16.6. The van der Waals surface area contributed by atoms with Crippen LogP contribution in [0, 0.1) is 5.82 Å². The number of aromatic nitrogens is 5. The Labute approximate surface area is 226 Å². The number of hydrogen-bond acceptors (Lipinski definition) is 9. The minimum atomic E-state index is -0.725. The van der Waals surface area contributed by atoms with E-state index in [1.54, 1.807) is 24.1 Å². The van der Waals surface area contributed by atoms with Crippen molar-refractivity contribution in [2.75, 3.05) is 44.4 Å². The number of anilines is 3. The van der Waals surface area contributed by atoms with Gasteiger partial charge in [0, 0.05) is 36.8 Å². The summed E-state index contributed by atoms with van der Waals surface area (Å²) in [6.07, 6.45) is 7.04. The molecule has 206 valence electrons. The Kier molecular flexibility index (Phi) is 6.83. The van der Waals surface area contributed by atoms with Gasteiger partial charge in [-0.1, -0.05) is 12.1 Å². The number of aliphatic hydroxyl groups excluding tert-OH is 1. The highest BCUT2D eigenvalue weighted by Crippen LogP contribution is 2.35. The van der Waals surface area contributed by atoms with Crippen molar-refractivity contribution in [2.24, 2.45) is 7.05 Å². The van der Waals surface area contributed by atoms with Crippen LogP contribution in [0.15, 0.2) is 36.8 Å². The number of likely N-dealkylation sites (N-methyl/N-ethyl adjacent to an activating group) is 1. The molecule has 4 aromatic rings. The number of nitrogens with zero attached hydrogens (tertiary/aromatic N) is 6. The number of halogens is 1. The maximum atomic E-state index is 15.0. The fourth-order valence-corrected chi connectivity index (χ4v) is 5.96. The number of aromatic amines is 1. The molecule has 3 aromatic heterocycles. The smallest absolute Gasteiger partial charge is 0.256 e. The lowest BCUT2D eigenvalue weighted by Gasteiger charge is -2.34. The van der Waals surface area contributed by atoms with Crippen molar-refractivity contribution in [3.8, 4) is 17.1 Å². The molecule has 0 aliphatic carbocycles. The molecule has 11 nitrogen and oxygen atoms in total. The van der Waals surface area contributed by atoms with E-state index in [-0.39, 0.29) is 17.7 Å². The number of likely N-dealkylation sites (tertiary alicyclic amines) is 2. The maximum absolute atomic E-state index is 15.0. The monoisotopic (exact) mass is 535 g/mol. The number of para-hydroxylation sites is 1. The normalized spacial score (nSPS) is 21.1. The van der Waals surface area contributed by atoms with Crippen LogP contribution < -0.4 is 15.4 Å². The lowest BCUT2D eigenvalue weighted by Crippen LogP contribution is -2.48. The molecular formula is C27H34FN9O2. The average molecular weight is 536 g/mol. The second kappa shape index (κ2) is 10.4. The van der Waals surface area contributed by atoms with Gasteiger partial charge in [-0.25, -0.2) is 14.4 Å². The molecule has 0 saturated carbocycles. The Balaban J connectivity index is 1.26. The third-order valence-electron chi connectivity index (χ3n) is 7.79. The molecule has 0 spiro atoms. The third-order valence-corrected chi connectivity index (χ3v) is 7.79. The van der Waals surface area contributed by atoms with Crippen molar-refractivity contribution in [1.29, 1.82) is 0 Å².